The summed E-state index contributed by atoms with van der Waals surface area (Å²) in [6.07, 6.45) is 33.4. The lowest BCUT2D eigenvalue weighted by molar-refractivity contribution is 0.0422. The van der Waals surface area contributed by atoms with Crippen LogP contribution in [0.15, 0.2) is 24.3 Å². The van der Waals surface area contributed by atoms with Crippen LogP contribution in [-0.4, -0.2) is 17.4 Å². The molecule has 0 saturated heterocycles. The molecule has 0 aliphatic carbocycles. The van der Waals surface area contributed by atoms with E-state index in [9.17, 15) is 4.79 Å². The predicted octanol–water partition coefficient (Wildman–Crippen LogP) is 10.4. The fraction of sp³-hybridized carbons (Fsp3) is 0.828. The monoisotopic (exact) mass is 450 g/mol. The molecule has 0 aliphatic heterocycles. The van der Waals surface area contributed by atoms with Crippen LogP contribution < -0.4 is 0 Å². The number of allylic oxidation sites excluding steroid dienone is 4. The van der Waals surface area contributed by atoms with E-state index >= 15 is 0 Å². The summed E-state index contributed by atoms with van der Waals surface area (Å²) in [7, 11) is 0. The van der Waals surface area contributed by atoms with Crippen molar-refractivity contribution in [3.8, 4) is 0 Å². The zero-order chi connectivity index (χ0) is 23.5. The third-order valence-corrected chi connectivity index (χ3v) is 6.12. The molecule has 0 amide bonds. The van der Waals surface area contributed by atoms with Gasteiger partial charge in [0.15, 0.2) is 0 Å². The van der Waals surface area contributed by atoms with Crippen molar-refractivity contribution in [3.63, 3.8) is 0 Å². The largest absolute Gasteiger partial charge is 0.506 e. The highest BCUT2D eigenvalue weighted by Gasteiger charge is 2.13. The zero-order valence-corrected chi connectivity index (χ0v) is 21.5. The molecule has 0 rings (SSSR count). The molecule has 0 heterocycles. The summed E-state index contributed by atoms with van der Waals surface area (Å²) in [5.41, 5.74) is 0. The molecule has 32 heavy (non-hydrogen) atoms. The Morgan fingerprint density at radius 1 is 0.625 bits per heavy atom. The second-order valence-corrected chi connectivity index (χ2v) is 9.29. The van der Waals surface area contributed by atoms with Crippen LogP contribution >= 0.6 is 0 Å². The van der Waals surface area contributed by atoms with Crippen molar-refractivity contribution in [3.05, 3.63) is 24.3 Å². The Morgan fingerprint density at radius 3 is 1.53 bits per heavy atom. The molecular weight excluding hydrogens is 396 g/mol. The van der Waals surface area contributed by atoms with Gasteiger partial charge in [-0.15, -0.1) is 0 Å². The number of rotatable bonds is 24. The maximum atomic E-state index is 11.0. The predicted molar refractivity (Wildman–Crippen MR) is 139 cm³/mol. The van der Waals surface area contributed by atoms with Crippen molar-refractivity contribution < 1.29 is 14.6 Å². The van der Waals surface area contributed by atoms with Gasteiger partial charge < -0.3 is 9.84 Å². The Hall–Kier alpha value is -1.25. The van der Waals surface area contributed by atoms with Gasteiger partial charge >= 0.3 is 6.16 Å². The van der Waals surface area contributed by atoms with Crippen molar-refractivity contribution in [2.75, 3.05) is 0 Å². The molecule has 0 aromatic heterocycles. The van der Waals surface area contributed by atoms with Gasteiger partial charge in [-0.25, -0.2) is 4.79 Å². The van der Waals surface area contributed by atoms with Crippen LogP contribution in [0.2, 0.25) is 0 Å². The van der Waals surface area contributed by atoms with Crippen molar-refractivity contribution >= 4 is 6.16 Å². The molecule has 0 radical (unpaired) electrons. The average Bonchev–Trinajstić information content (AvgIpc) is 2.77. The molecule has 0 aliphatic rings. The molecule has 3 heteroatoms. The summed E-state index contributed by atoms with van der Waals surface area (Å²) in [5.74, 6) is 0. The van der Waals surface area contributed by atoms with Gasteiger partial charge in [-0.1, -0.05) is 115 Å². The Balaban J connectivity index is 3.61. The van der Waals surface area contributed by atoms with E-state index in [1.54, 1.807) is 0 Å². The molecule has 1 atom stereocenters. The van der Waals surface area contributed by atoms with Gasteiger partial charge in [0.1, 0.15) is 6.10 Å². The van der Waals surface area contributed by atoms with Gasteiger partial charge in [-0.3, -0.25) is 0 Å². The summed E-state index contributed by atoms with van der Waals surface area (Å²) < 4.78 is 5.13. The number of ether oxygens (including phenoxy) is 1. The zero-order valence-electron chi connectivity index (χ0n) is 21.5. The van der Waals surface area contributed by atoms with Gasteiger partial charge in [-0.2, -0.15) is 0 Å². The Bertz CT molecular complexity index is 442. The topological polar surface area (TPSA) is 46.5 Å². The summed E-state index contributed by atoms with van der Waals surface area (Å²) in [6.45, 7) is 4.49. The van der Waals surface area contributed by atoms with Crippen LogP contribution in [0.1, 0.15) is 149 Å². The Morgan fingerprint density at radius 2 is 1.03 bits per heavy atom. The van der Waals surface area contributed by atoms with Gasteiger partial charge in [-0.05, 0) is 57.8 Å². The Labute approximate surface area is 200 Å². The molecule has 0 spiro atoms. The minimum absolute atomic E-state index is 0.106. The molecule has 1 N–H and O–H groups in total. The summed E-state index contributed by atoms with van der Waals surface area (Å²) in [5, 5.41) is 9.00. The van der Waals surface area contributed by atoms with Crippen LogP contribution in [0.4, 0.5) is 4.79 Å². The van der Waals surface area contributed by atoms with Crippen molar-refractivity contribution in [2.24, 2.45) is 0 Å². The lowest BCUT2D eigenvalue weighted by Gasteiger charge is -2.15. The van der Waals surface area contributed by atoms with Crippen molar-refractivity contribution in [1.82, 2.24) is 0 Å². The minimum atomic E-state index is -1.11. The van der Waals surface area contributed by atoms with Crippen LogP contribution in [0.25, 0.3) is 0 Å². The number of unbranched alkanes of at least 4 members (excludes halogenated alkanes) is 15. The third-order valence-electron chi connectivity index (χ3n) is 6.12. The quantitative estimate of drug-likeness (QED) is 0.0903. The average molecular weight is 451 g/mol. The van der Waals surface area contributed by atoms with Gasteiger partial charge in [0, 0.05) is 0 Å². The van der Waals surface area contributed by atoms with E-state index in [-0.39, 0.29) is 6.10 Å². The molecular formula is C29H54O3. The molecule has 1 unspecified atom stereocenters. The maximum absolute atomic E-state index is 11.0. The van der Waals surface area contributed by atoms with Gasteiger partial charge in [0.25, 0.3) is 0 Å². The smallest absolute Gasteiger partial charge is 0.450 e. The first-order valence-electron chi connectivity index (χ1n) is 13.9. The van der Waals surface area contributed by atoms with E-state index in [0.717, 1.165) is 32.1 Å². The molecule has 0 aromatic carbocycles. The highest BCUT2D eigenvalue weighted by atomic mass is 16.7. The fourth-order valence-electron chi connectivity index (χ4n) is 4.09. The standard InChI is InChI=1S/C29H54O3/c1-3-5-7-9-11-13-14-15-16-17-18-19-21-23-25-27-28(32-29(30)31)26-24-22-20-12-10-8-6-4-2/h11,13,15-16,28H,3-10,12,14,17-27H2,1-2H3,(H,30,31)/b13-11?,16-15-. The summed E-state index contributed by atoms with van der Waals surface area (Å²) >= 11 is 0. The van der Waals surface area contributed by atoms with E-state index < -0.39 is 6.16 Å². The number of carboxylic acid groups (broad SMARTS) is 1. The van der Waals surface area contributed by atoms with E-state index in [4.69, 9.17) is 9.84 Å². The highest BCUT2D eigenvalue weighted by Crippen LogP contribution is 2.17. The Kier molecular flexibility index (Phi) is 25.0. The molecule has 0 fully saturated rings. The van der Waals surface area contributed by atoms with E-state index in [2.05, 4.69) is 38.2 Å². The third kappa shape index (κ3) is 25.0. The first-order chi connectivity index (χ1) is 15.7. The van der Waals surface area contributed by atoms with Gasteiger partial charge in [0.05, 0.1) is 0 Å². The maximum Gasteiger partial charge on any atom is 0.506 e. The molecule has 0 aromatic rings. The number of hydrogen-bond donors (Lipinski definition) is 1. The molecule has 3 nitrogen and oxygen atoms in total. The normalized spacial score (nSPS) is 12.7. The summed E-state index contributed by atoms with van der Waals surface area (Å²) in [6, 6.07) is 0. The first kappa shape index (κ1) is 30.8. The second kappa shape index (κ2) is 26.0. The van der Waals surface area contributed by atoms with Crippen LogP contribution in [-0.2, 0) is 4.74 Å². The lowest BCUT2D eigenvalue weighted by atomic mass is 10.0. The number of carbonyl (C=O) groups is 1. The SMILES string of the molecule is CCCCCC=CC/C=C\CCCCCCCC(CCCCCCCCCC)OC(=O)O. The first-order valence-corrected chi connectivity index (χ1v) is 13.9. The minimum Gasteiger partial charge on any atom is -0.450 e. The van der Waals surface area contributed by atoms with Crippen LogP contribution in [0, 0.1) is 0 Å². The van der Waals surface area contributed by atoms with E-state index in [0.29, 0.717) is 0 Å². The number of hydrogen-bond acceptors (Lipinski definition) is 2. The molecule has 0 bridgehead atoms. The van der Waals surface area contributed by atoms with Gasteiger partial charge in [0.2, 0.25) is 0 Å². The van der Waals surface area contributed by atoms with Crippen LogP contribution in [0.3, 0.4) is 0 Å². The molecule has 188 valence electrons. The highest BCUT2D eigenvalue weighted by molar-refractivity contribution is 5.57. The van der Waals surface area contributed by atoms with Crippen LogP contribution in [0.5, 0.6) is 0 Å². The van der Waals surface area contributed by atoms with E-state index in [1.807, 2.05) is 0 Å². The summed E-state index contributed by atoms with van der Waals surface area (Å²) in [4.78, 5) is 11.0. The van der Waals surface area contributed by atoms with E-state index in [1.165, 1.54) is 103 Å². The van der Waals surface area contributed by atoms with Crippen molar-refractivity contribution in [1.29, 1.82) is 0 Å². The van der Waals surface area contributed by atoms with Crippen molar-refractivity contribution in [2.45, 2.75) is 155 Å². The molecule has 0 saturated carbocycles. The second-order valence-electron chi connectivity index (χ2n) is 9.29. The lowest BCUT2D eigenvalue weighted by Crippen LogP contribution is -2.16. The fourth-order valence-corrected chi connectivity index (χ4v) is 4.09.